The van der Waals surface area contributed by atoms with Crippen molar-refractivity contribution in [1.82, 2.24) is 5.20 Å². The van der Waals surface area contributed by atoms with Crippen molar-refractivity contribution in [3.8, 4) is 0 Å². The lowest BCUT2D eigenvalue weighted by Gasteiger charge is -1.66. The van der Waals surface area contributed by atoms with Crippen LogP contribution in [-0.4, -0.2) is 0 Å². The van der Waals surface area contributed by atoms with Crippen LogP contribution in [0.4, 0.5) is 0 Å². The lowest BCUT2D eigenvalue weighted by Crippen LogP contribution is -1.72. The summed E-state index contributed by atoms with van der Waals surface area (Å²) in [4.78, 5) is 2.35. The minimum atomic E-state index is 2.03. The van der Waals surface area contributed by atoms with Gasteiger partial charge in [0.1, 0.15) is 0 Å². The van der Waals surface area contributed by atoms with Crippen LogP contribution in [0.3, 0.4) is 0 Å². The van der Waals surface area contributed by atoms with Crippen LogP contribution >= 0.6 is 9.39 Å². The molecule has 0 spiro atoms. The van der Waals surface area contributed by atoms with Crippen LogP contribution < -0.4 is 5.20 Å². The molecule has 0 saturated heterocycles. The number of hydrogen-bond acceptors (Lipinski definition) is 1. The first-order valence-electron chi connectivity index (χ1n) is 0.912. The summed E-state index contributed by atoms with van der Waals surface area (Å²) >= 11 is 0. The quantitative estimate of drug-likeness (QED) is 0.165. The maximum absolute atomic E-state index is 7.45. The molecule has 0 bridgehead atoms. The predicted octanol–water partition coefficient (Wildman–Crippen LogP) is 0.591. The Bertz CT molecular complexity index is 50.7. The standard InChI is InChI=1S/H3N4P/c1-2-3-4-5/h4H,5H2. The molecular weight excluding hydrogens is 87.0 g/mol. The summed E-state index contributed by atoms with van der Waals surface area (Å²) in [6, 6.07) is 0. The molecule has 1 unspecified atom stereocenters. The van der Waals surface area contributed by atoms with Crippen molar-refractivity contribution >= 4 is 9.39 Å². The second kappa shape index (κ2) is 3.54. The fourth-order valence-corrected chi connectivity index (χ4v) is 0.0775. The van der Waals surface area contributed by atoms with Gasteiger partial charge in [-0.25, -0.2) is 5.20 Å². The van der Waals surface area contributed by atoms with Crippen LogP contribution in [0.5, 0.6) is 0 Å². The molecule has 0 aliphatic carbocycles. The van der Waals surface area contributed by atoms with E-state index < -0.39 is 0 Å². The third-order valence-corrected chi connectivity index (χ3v) is 0.218. The summed E-state index contributed by atoms with van der Waals surface area (Å²) in [5.74, 6) is 0. The second-order valence-corrected chi connectivity index (χ2v) is 0.577. The van der Waals surface area contributed by atoms with Crippen LogP contribution in [-0.2, 0) is 0 Å². The molecule has 5 heavy (non-hydrogen) atoms. The van der Waals surface area contributed by atoms with Gasteiger partial charge in [-0.1, -0.05) is 0 Å². The highest BCUT2D eigenvalue weighted by molar-refractivity contribution is 7.13. The first kappa shape index (κ1) is 4.54. The SMILES string of the molecule is [N-]=[N+]=NNP. The number of hydrogen-bond donors (Lipinski definition) is 1. The molecule has 0 aromatic heterocycles. The minimum Gasteiger partial charge on any atom is -0.248 e. The van der Waals surface area contributed by atoms with Crippen molar-refractivity contribution in [2.75, 3.05) is 0 Å². The first-order chi connectivity index (χ1) is 2.41. The van der Waals surface area contributed by atoms with Crippen LogP contribution in [0.15, 0.2) is 5.22 Å². The monoisotopic (exact) mass is 90.0 g/mol. The van der Waals surface area contributed by atoms with Crippen molar-refractivity contribution in [2.24, 2.45) is 5.22 Å². The molecule has 0 radical (unpaired) electrons. The molecule has 0 aromatic carbocycles. The van der Waals surface area contributed by atoms with Crippen molar-refractivity contribution in [3.63, 3.8) is 0 Å². The third-order valence-electron chi connectivity index (χ3n) is 0.102. The Morgan fingerprint density at radius 3 is 2.60 bits per heavy atom. The molecule has 0 saturated carbocycles. The van der Waals surface area contributed by atoms with E-state index in [9.17, 15) is 0 Å². The second-order valence-electron chi connectivity index (χ2n) is 0.319. The van der Waals surface area contributed by atoms with Gasteiger partial charge in [0.05, 0.1) is 9.39 Å². The van der Waals surface area contributed by atoms with Gasteiger partial charge in [0.15, 0.2) is 0 Å². The predicted molar refractivity (Wildman–Crippen MR) is 22.0 cm³/mol. The molecule has 0 amide bonds. The van der Waals surface area contributed by atoms with E-state index in [-0.39, 0.29) is 0 Å². The smallest absolute Gasteiger partial charge is 0.0611 e. The number of rotatable bonds is 1. The van der Waals surface area contributed by atoms with E-state index in [1.165, 1.54) is 0 Å². The Morgan fingerprint density at radius 2 is 2.60 bits per heavy atom. The molecule has 0 aromatic rings. The van der Waals surface area contributed by atoms with Gasteiger partial charge in [0, 0.05) is 0 Å². The fourth-order valence-electron chi connectivity index (χ4n) is 0.0258. The van der Waals surface area contributed by atoms with Gasteiger partial charge in [-0.05, 0) is 5.22 Å². The molecular formula is H3N4P. The van der Waals surface area contributed by atoms with Crippen LogP contribution in [0, 0.1) is 0 Å². The van der Waals surface area contributed by atoms with Gasteiger partial charge in [0.25, 0.3) is 0 Å². The summed E-state index contributed by atoms with van der Waals surface area (Å²) in [5, 5.41) is 5.01. The van der Waals surface area contributed by atoms with Crippen molar-refractivity contribution in [3.05, 3.63) is 10.4 Å². The van der Waals surface area contributed by atoms with Crippen LogP contribution in [0.1, 0.15) is 0 Å². The minimum absolute atomic E-state index is 2.03. The summed E-state index contributed by atoms with van der Waals surface area (Å²) in [7, 11) is 2.03. The third kappa shape index (κ3) is 3.54. The van der Waals surface area contributed by atoms with Gasteiger partial charge in [-0.2, -0.15) is 4.91 Å². The van der Waals surface area contributed by atoms with E-state index in [4.69, 9.17) is 5.53 Å². The molecule has 0 aliphatic rings. The Hall–Kier alpha value is -0.460. The number of nitrogens with one attached hydrogen (secondary N) is 1. The normalized spacial score (nSPS) is 5.00. The average Bonchev–Trinajstić information content (AvgIpc) is 1.41. The van der Waals surface area contributed by atoms with E-state index in [1.54, 1.807) is 0 Å². The van der Waals surface area contributed by atoms with Gasteiger partial charge in [-0.3, -0.25) is 0 Å². The number of azide groups is 1. The molecule has 28 valence electrons. The molecule has 0 heterocycles. The van der Waals surface area contributed by atoms with E-state index >= 15 is 0 Å². The Balaban J connectivity index is 2.93. The van der Waals surface area contributed by atoms with E-state index in [1.807, 2.05) is 9.39 Å². The lowest BCUT2D eigenvalue weighted by atomic mass is 12.7. The average molecular weight is 90.0 g/mol. The highest BCUT2D eigenvalue weighted by Gasteiger charge is 1.43. The largest absolute Gasteiger partial charge is 0.248 e. The summed E-state index contributed by atoms with van der Waals surface area (Å²) in [5.41, 5.74) is 7.45. The van der Waals surface area contributed by atoms with Crippen LogP contribution in [0.25, 0.3) is 10.4 Å². The molecule has 0 rings (SSSR count). The zero-order valence-corrected chi connectivity index (χ0v) is 3.57. The fraction of sp³-hybridized carbons (Fsp3) is 0. The van der Waals surface area contributed by atoms with Crippen molar-refractivity contribution in [1.29, 1.82) is 0 Å². The zero-order valence-electron chi connectivity index (χ0n) is 2.42. The van der Waals surface area contributed by atoms with Gasteiger partial charge in [-0.15, -0.1) is 5.53 Å². The van der Waals surface area contributed by atoms with Crippen molar-refractivity contribution < 1.29 is 0 Å². The Labute approximate surface area is 31.4 Å². The molecule has 5 heteroatoms. The number of nitrogens with zero attached hydrogens (tertiary/aromatic N) is 3. The maximum atomic E-state index is 7.45. The zero-order chi connectivity index (χ0) is 4.12. The van der Waals surface area contributed by atoms with E-state index in [2.05, 4.69) is 15.3 Å². The Morgan fingerprint density at radius 1 is 2.00 bits per heavy atom. The lowest BCUT2D eigenvalue weighted by molar-refractivity contribution is 1.09. The molecule has 0 fully saturated rings. The molecule has 4 nitrogen and oxygen atoms in total. The Kier molecular flexibility index (Phi) is 3.21. The molecule has 1 atom stereocenters. The van der Waals surface area contributed by atoms with E-state index in [0.29, 0.717) is 0 Å². The molecule has 0 aliphatic heterocycles. The highest BCUT2D eigenvalue weighted by Crippen LogP contribution is 1.64. The topological polar surface area (TPSA) is 60.8 Å². The van der Waals surface area contributed by atoms with Crippen molar-refractivity contribution in [2.45, 2.75) is 0 Å². The van der Waals surface area contributed by atoms with Crippen LogP contribution in [0.2, 0.25) is 0 Å². The maximum Gasteiger partial charge on any atom is 0.0611 e. The highest BCUT2D eigenvalue weighted by atomic mass is 31.0. The summed E-state index contributed by atoms with van der Waals surface area (Å²) in [6.07, 6.45) is 0. The first-order valence-corrected chi connectivity index (χ1v) is 1.49. The van der Waals surface area contributed by atoms with Gasteiger partial charge >= 0.3 is 0 Å². The van der Waals surface area contributed by atoms with E-state index in [0.717, 1.165) is 0 Å². The van der Waals surface area contributed by atoms with Gasteiger partial charge < -0.3 is 0 Å². The summed E-state index contributed by atoms with van der Waals surface area (Å²) in [6.45, 7) is 0. The molecule has 1 N–H and O–H groups in total. The van der Waals surface area contributed by atoms with Gasteiger partial charge in [0.2, 0.25) is 0 Å². The summed E-state index contributed by atoms with van der Waals surface area (Å²) < 4.78 is 0.